The fraction of sp³-hybridized carbons (Fsp3) is 0.130. The van der Waals surface area contributed by atoms with Crippen LogP contribution < -0.4 is 15.0 Å². The van der Waals surface area contributed by atoms with Crippen molar-refractivity contribution in [3.8, 4) is 22.9 Å². The maximum absolute atomic E-state index is 12.3. The van der Waals surface area contributed by atoms with Gasteiger partial charge in [-0.1, -0.05) is 36.4 Å². The van der Waals surface area contributed by atoms with Gasteiger partial charge in [0.1, 0.15) is 12.4 Å². The molecule has 0 radical (unpaired) electrons. The summed E-state index contributed by atoms with van der Waals surface area (Å²) < 4.78 is 11.5. The van der Waals surface area contributed by atoms with Gasteiger partial charge in [0, 0.05) is 5.56 Å². The number of para-hydroxylation sites is 1. The second-order valence-electron chi connectivity index (χ2n) is 6.51. The summed E-state index contributed by atoms with van der Waals surface area (Å²) >= 11 is 0. The zero-order valence-corrected chi connectivity index (χ0v) is 15.7. The first kappa shape index (κ1) is 17.8. The number of hydrogen-bond donors (Lipinski definition) is 1. The van der Waals surface area contributed by atoms with E-state index in [1.54, 1.807) is 13.2 Å². The smallest absolute Gasteiger partial charge is 0.259 e. The van der Waals surface area contributed by atoms with Crippen LogP contribution in [0.25, 0.3) is 22.3 Å². The highest BCUT2D eigenvalue weighted by molar-refractivity contribution is 5.79. The molecule has 4 aromatic rings. The second kappa shape index (κ2) is 7.56. The molecule has 28 heavy (non-hydrogen) atoms. The monoisotopic (exact) mass is 372 g/mol. The van der Waals surface area contributed by atoms with E-state index in [0.717, 1.165) is 11.1 Å². The number of aromatic amines is 1. The maximum Gasteiger partial charge on any atom is 0.259 e. The number of nitrogens with zero attached hydrogens (tertiary/aromatic N) is 1. The molecule has 1 aromatic heterocycles. The molecule has 0 bridgehead atoms. The molecule has 0 fully saturated rings. The SMILES string of the molecule is COc1cc(-c2nc3ccccc3c(=O)[nH]2)ccc1OCc1ccccc1C. The zero-order valence-electron chi connectivity index (χ0n) is 15.7. The van der Waals surface area contributed by atoms with E-state index >= 15 is 0 Å². The van der Waals surface area contributed by atoms with Gasteiger partial charge < -0.3 is 14.5 Å². The van der Waals surface area contributed by atoms with Gasteiger partial charge in [0.25, 0.3) is 5.56 Å². The van der Waals surface area contributed by atoms with Crippen LogP contribution in [0.4, 0.5) is 0 Å². The minimum absolute atomic E-state index is 0.167. The average molecular weight is 372 g/mol. The summed E-state index contributed by atoms with van der Waals surface area (Å²) in [6.07, 6.45) is 0. The van der Waals surface area contributed by atoms with E-state index in [9.17, 15) is 4.79 Å². The van der Waals surface area contributed by atoms with Crippen molar-refractivity contribution in [1.29, 1.82) is 0 Å². The lowest BCUT2D eigenvalue weighted by atomic mass is 10.1. The lowest BCUT2D eigenvalue weighted by Crippen LogP contribution is -2.09. The first-order valence-corrected chi connectivity index (χ1v) is 9.00. The highest BCUT2D eigenvalue weighted by Gasteiger charge is 2.11. The van der Waals surface area contributed by atoms with Gasteiger partial charge in [-0.25, -0.2) is 4.98 Å². The van der Waals surface area contributed by atoms with E-state index in [1.165, 1.54) is 5.56 Å². The van der Waals surface area contributed by atoms with Gasteiger partial charge in [0.15, 0.2) is 11.5 Å². The Morgan fingerprint density at radius 1 is 0.964 bits per heavy atom. The number of nitrogens with one attached hydrogen (secondary N) is 1. The highest BCUT2D eigenvalue weighted by atomic mass is 16.5. The Morgan fingerprint density at radius 3 is 2.57 bits per heavy atom. The molecule has 0 aliphatic rings. The van der Waals surface area contributed by atoms with Crippen molar-refractivity contribution in [1.82, 2.24) is 9.97 Å². The van der Waals surface area contributed by atoms with E-state index in [1.807, 2.05) is 54.6 Å². The van der Waals surface area contributed by atoms with Crippen LogP contribution in [0.2, 0.25) is 0 Å². The minimum Gasteiger partial charge on any atom is -0.493 e. The molecular weight excluding hydrogens is 352 g/mol. The van der Waals surface area contributed by atoms with Crippen molar-refractivity contribution in [2.75, 3.05) is 7.11 Å². The van der Waals surface area contributed by atoms with Crippen molar-refractivity contribution in [3.05, 3.63) is 88.2 Å². The first-order chi connectivity index (χ1) is 13.7. The van der Waals surface area contributed by atoms with Crippen LogP contribution in [-0.4, -0.2) is 17.1 Å². The number of H-pyrrole nitrogens is 1. The van der Waals surface area contributed by atoms with Gasteiger partial charge in [-0.05, 0) is 48.4 Å². The number of aryl methyl sites for hydroxylation is 1. The Labute approximate surface area is 162 Å². The molecule has 4 rings (SSSR count). The quantitative estimate of drug-likeness (QED) is 0.561. The molecule has 5 heteroatoms. The van der Waals surface area contributed by atoms with Crippen LogP contribution in [0.15, 0.2) is 71.5 Å². The molecule has 0 saturated heterocycles. The molecule has 0 unspecified atom stereocenters. The van der Waals surface area contributed by atoms with Crippen LogP contribution in [0, 0.1) is 6.92 Å². The summed E-state index contributed by atoms with van der Waals surface area (Å²) in [6, 6.07) is 20.9. The molecule has 3 aromatic carbocycles. The number of aromatic nitrogens is 2. The molecular formula is C23H20N2O3. The van der Waals surface area contributed by atoms with Crippen LogP contribution in [0.1, 0.15) is 11.1 Å². The summed E-state index contributed by atoms with van der Waals surface area (Å²) in [4.78, 5) is 19.7. The third-order valence-electron chi connectivity index (χ3n) is 4.69. The van der Waals surface area contributed by atoms with Crippen molar-refractivity contribution in [2.24, 2.45) is 0 Å². The van der Waals surface area contributed by atoms with E-state index in [-0.39, 0.29) is 5.56 Å². The third kappa shape index (κ3) is 3.47. The molecule has 5 nitrogen and oxygen atoms in total. The summed E-state index contributed by atoms with van der Waals surface area (Å²) in [6.45, 7) is 2.51. The second-order valence-corrected chi connectivity index (χ2v) is 6.51. The van der Waals surface area contributed by atoms with E-state index in [4.69, 9.17) is 9.47 Å². The fourth-order valence-corrected chi connectivity index (χ4v) is 3.08. The van der Waals surface area contributed by atoms with Crippen molar-refractivity contribution >= 4 is 10.9 Å². The molecule has 0 aliphatic carbocycles. The van der Waals surface area contributed by atoms with E-state index < -0.39 is 0 Å². The summed E-state index contributed by atoms with van der Waals surface area (Å²) in [5.74, 6) is 1.71. The van der Waals surface area contributed by atoms with E-state index in [2.05, 4.69) is 23.0 Å². The average Bonchev–Trinajstić information content (AvgIpc) is 2.73. The Hall–Kier alpha value is -3.60. The number of rotatable bonds is 5. The zero-order chi connectivity index (χ0) is 19.5. The standard InChI is InChI=1S/C23H20N2O3/c1-15-7-3-4-8-17(15)14-28-20-12-11-16(13-21(20)27-2)22-24-19-10-6-5-9-18(19)23(26)25-22/h3-13H,14H2,1-2H3,(H,24,25,26). The van der Waals surface area contributed by atoms with Crippen LogP contribution in [0.5, 0.6) is 11.5 Å². The molecule has 0 atom stereocenters. The molecule has 140 valence electrons. The Balaban J connectivity index is 1.65. The number of fused-ring (bicyclic) bond motifs is 1. The van der Waals surface area contributed by atoms with Gasteiger partial charge in [-0.3, -0.25) is 4.79 Å². The summed E-state index contributed by atoms with van der Waals surface area (Å²) in [5.41, 5.74) is 3.53. The predicted molar refractivity (Wildman–Crippen MR) is 110 cm³/mol. The van der Waals surface area contributed by atoms with Gasteiger partial charge in [0.05, 0.1) is 18.0 Å². The predicted octanol–water partition coefficient (Wildman–Crippen LogP) is 4.49. The van der Waals surface area contributed by atoms with Crippen LogP contribution in [-0.2, 0) is 6.61 Å². The van der Waals surface area contributed by atoms with Crippen molar-refractivity contribution < 1.29 is 9.47 Å². The van der Waals surface area contributed by atoms with Gasteiger partial charge >= 0.3 is 0 Å². The maximum atomic E-state index is 12.3. The van der Waals surface area contributed by atoms with Crippen LogP contribution >= 0.6 is 0 Å². The van der Waals surface area contributed by atoms with Crippen molar-refractivity contribution in [2.45, 2.75) is 13.5 Å². The molecule has 0 amide bonds. The number of methoxy groups -OCH3 is 1. The minimum atomic E-state index is -0.167. The van der Waals surface area contributed by atoms with Gasteiger partial charge in [0.2, 0.25) is 0 Å². The Morgan fingerprint density at radius 2 is 1.75 bits per heavy atom. The fourth-order valence-electron chi connectivity index (χ4n) is 3.08. The molecule has 0 spiro atoms. The largest absolute Gasteiger partial charge is 0.493 e. The Kier molecular flexibility index (Phi) is 4.81. The van der Waals surface area contributed by atoms with E-state index in [0.29, 0.717) is 34.8 Å². The normalized spacial score (nSPS) is 10.8. The van der Waals surface area contributed by atoms with Gasteiger partial charge in [-0.2, -0.15) is 0 Å². The third-order valence-corrected chi connectivity index (χ3v) is 4.69. The Bertz CT molecular complexity index is 1200. The molecule has 1 heterocycles. The van der Waals surface area contributed by atoms with Crippen LogP contribution in [0.3, 0.4) is 0 Å². The molecule has 1 N–H and O–H groups in total. The lowest BCUT2D eigenvalue weighted by Gasteiger charge is -2.13. The molecule has 0 saturated carbocycles. The summed E-state index contributed by atoms with van der Waals surface area (Å²) in [5, 5.41) is 0.566. The number of hydrogen-bond acceptors (Lipinski definition) is 4. The number of ether oxygens (including phenoxy) is 2. The highest BCUT2D eigenvalue weighted by Crippen LogP contribution is 2.32. The summed E-state index contributed by atoms with van der Waals surface area (Å²) in [7, 11) is 1.59. The number of benzene rings is 3. The van der Waals surface area contributed by atoms with Gasteiger partial charge in [-0.15, -0.1) is 0 Å². The topological polar surface area (TPSA) is 64.2 Å². The van der Waals surface area contributed by atoms with Crippen molar-refractivity contribution in [3.63, 3.8) is 0 Å². The first-order valence-electron chi connectivity index (χ1n) is 9.00. The lowest BCUT2D eigenvalue weighted by molar-refractivity contribution is 0.284. The molecule has 0 aliphatic heterocycles.